The number of aryl methyl sites for hydroxylation is 2. The van der Waals surface area contributed by atoms with Crippen LogP contribution in [0.25, 0.3) is 0 Å². The second-order valence-electron chi connectivity index (χ2n) is 5.81. The van der Waals surface area contributed by atoms with Gasteiger partial charge in [-0.05, 0) is 49.9 Å². The highest BCUT2D eigenvalue weighted by Crippen LogP contribution is 2.29. The van der Waals surface area contributed by atoms with E-state index in [0.29, 0.717) is 23.8 Å². The van der Waals surface area contributed by atoms with E-state index in [-0.39, 0.29) is 10.9 Å². The van der Waals surface area contributed by atoms with Gasteiger partial charge in [0.05, 0.1) is 7.11 Å². The summed E-state index contributed by atoms with van der Waals surface area (Å²) in [6, 6.07) is 3.53. The van der Waals surface area contributed by atoms with E-state index < -0.39 is 10.0 Å². The summed E-state index contributed by atoms with van der Waals surface area (Å²) in [5, 5.41) is 3.23. The smallest absolute Gasteiger partial charge is 0.244 e. The maximum absolute atomic E-state index is 12.7. The van der Waals surface area contributed by atoms with Gasteiger partial charge in [-0.2, -0.15) is 0 Å². The van der Waals surface area contributed by atoms with E-state index in [9.17, 15) is 8.42 Å². The Hall–Kier alpha value is -1.11. The molecule has 6 heteroatoms. The third-order valence-electron chi connectivity index (χ3n) is 4.01. The van der Waals surface area contributed by atoms with Gasteiger partial charge in [0, 0.05) is 12.6 Å². The molecular formula is C15H24N2O3S. The summed E-state index contributed by atoms with van der Waals surface area (Å²) in [5.41, 5.74) is 1.69. The average Bonchev–Trinajstić information content (AvgIpc) is 2.39. The Morgan fingerprint density at radius 2 is 2.05 bits per heavy atom. The molecule has 5 nitrogen and oxygen atoms in total. The van der Waals surface area contributed by atoms with Crippen LogP contribution in [0.2, 0.25) is 0 Å². The Morgan fingerprint density at radius 3 is 2.67 bits per heavy atom. The van der Waals surface area contributed by atoms with Gasteiger partial charge in [0.15, 0.2) is 0 Å². The van der Waals surface area contributed by atoms with Crippen molar-refractivity contribution in [2.75, 3.05) is 20.2 Å². The van der Waals surface area contributed by atoms with Crippen LogP contribution >= 0.6 is 0 Å². The molecule has 1 heterocycles. The number of ether oxygens (including phenoxy) is 1. The molecule has 1 saturated heterocycles. The van der Waals surface area contributed by atoms with Gasteiger partial charge >= 0.3 is 0 Å². The summed E-state index contributed by atoms with van der Waals surface area (Å²) >= 11 is 0. The normalized spacial score (nSPS) is 23.0. The Kier molecular flexibility index (Phi) is 4.91. The lowest BCUT2D eigenvalue weighted by atomic mass is 9.96. The molecule has 1 aliphatic heterocycles. The number of hydrogen-bond donors (Lipinski definition) is 2. The van der Waals surface area contributed by atoms with E-state index in [1.54, 1.807) is 13.0 Å². The fraction of sp³-hybridized carbons (Fsp3) is 0.600. The lowest BCUT2D eigenvalue weighted by Gasteiger charge is -2.30. The van der Waals surface area contributed by atoms with Crippen molar-refractivity contribution < 1.29 is 13.2 Å². The van der Waals surface area contributed by atoms with Crippen molar-refractivity contribution in [2.45, 2.75) is 38.1 Å². The first-order valence-corrected chi connectivity index (χ1v) is 8.71. The zero-order valence-electron chi connectivity index (χ0n) is 13.1. The topological polar surface area (TPSA) is 67.4 Å². The van der Waals surface area contributed by atoms with Gasteiger partial charge in [-0.15, -0.1) is 0 Å². The van der Waals surface area contributed by atoms with Gasteiger partial charge in [0.2, 0.25) is 10.0 Å². The third kappa shape index (κ3) is 3.56. The van der Waals surface area contributed by atoms with E-state index in [0.717, 1.165) is 18.5 Å². The summed E-state index contributed by atoms with van der Waals surface area (Å²) in [6.07, 6.45) is 0.969. The second-order valence-corrected chi connectivity index (χ2v) is 7.46. The molecule has 0 saturated carbocycles. The highest BCUT2D eigenvalue weighted by molar-refractivity contribution is 7.89. The van der Waals surface area contributed by atoms with Crippen molar-refractivity contribution >= 4 is 10.0 Å². The van der Waals surface area contributed by atoms with Gasteiger partial charge < -0.3 is 10.1 Å². The lowest BCUT2D eigenvalue weighted by molar-refractivity contribution is 0.326. The Labute approximate surface area is 127 Å². The fourth-order valence-electron chi connectivity index (χ4n) is 2.82. The molecule has 0 bridgehead atoms. The van der Waals surface area contributed by atoms with Crippen LogP contribution in [0.3, 0.4) is 0 Å². The van der Waals surface area contributed by atoms with Crippen LogP contribution in [-0.2, 0) is 10.0 Å². The van der Waals surface area contributed by atoms with E-state index in [1.807, 2.05) is 13.0 Å². The van der Waals surface area contributed by atoms with E-state index in [2.05, 4.69) is 17.0 Å². The maximum Gasteiger partial charge on any atom is 0.244 e. The minimum Gasteiger partial charge on any atom is -0.495 e. The first kappa shape index (κ1) is 16.3. The van der Waals surface area contributed by atoms with Crippen molar-refractivity contribution in [2.24, 2.45) is 5.92 Å². The molecule has 0 aliphatic carbocycles. The zero-order valence-corrected chi connectivity index (χ0v) is 13.9. The quantitative estimate of drug-likeness (QED) is 0.886. The average molecular weight is 312 g/mol. The summed E-state index contributed by atoms with van der Waals surface area (Å²) < 4.78 is 33.6. The number of nitrogens with one attached hydrogen (secondary N) is 2. The second kappa shape index (κ2) is 6.34. The van der Waals surface area contributed by atoms with Crippen LogP contribution in [0.1, 0.15) is 24.5 Å². The van der Waals surface area contributed by atoms with Crippen molar-refractivity contribution in [3.05, 3.63) is 23.3 Å². The number of sulfonamides is 1. The van der Waals surface area contributed by atoms with Crippen molar-refractivity contribution in [1.82, 2.24) is 10.0 Å². The molecule has 2 N–H and O–H groups in total. The Balaban J connectivity index is 2.35. The number of methoxy groups -OCH3 is 1. The third-order valence-corrected chi connectivity index (χ3v) is 5.68. The molecule has 2 rings (SSSR count). The van der Waals surface area contributed by atoms with Crippen LogP contribution in [0.4, 0.5) is 0 Å². The van der Waals surface area contributed by atoms with Crippen molar-refractivity contribution in [1.29, 1.82) is 0 Å². The van der Waals surface area contributed by atoms with Crippen LogP contribution in [-0.4, -0.2) is 34.7 Å². The summed E-state index contributed by atoms with van der Waals surface area (Å²) in [7, 11) is -2.10. The highest BCUT2D eigenvalue weighted by Gasteiger charge is 2.29. The largest absolute Gasteiger partial charge is 0.495 e. The SMILES string of the molecule is COc1cc(C)cc(C)c1S(=O)(=O)NC1CNCCC1C. The number of hydrogen-bond acceptors (Lipinski definition) is 4. The van der Waals surface area contributed by atoms with E-state index >= 15 is 0 Å². The predicted octanol–water partition coefficient (Wildman–Crippen LogP) is 1.59. The van der Waals surface area contributed by atoms with Gasteiger partial charge in [0.1, 0.15) is 10.6 Å². The molecule has 2 atom stereocenters. The number of rotatable bonds is 4. The minimum absolute atomic E-state index is 0.0887. The number of benzene rings is 1. The monoisotopic (exact) mass is 312 g/mol. The molecule has 0 radical (unpaired) electrons. The Morgan fingerprint density at radius 1 is 1.33 bits per heavy atom. The molecule has 2 unspecified atom stereocenters. The molecule has 1 aromatic rings. The molecule has 1 aromatic carbocycles. The molecule has 1 aliphatic rings. The van der Waals surface area contributed by atoms with Crippen LogP contribution < -0.4 is 14.8 Å². The molecule has 0 spiro atoms. The number of piperidine rings is 1. The molecule has 118 valence electrons. The Bertz CT molecular complexity index is 614. The zero-order chi connectivity index (χ0) is 15.6. The lowest BCUT2D eigenvalue weighted by Crippen LogP contribution is -2.50. The molecule has 0 amide bonds. The molecule has 1 fully saturated rings. The fourth-order valence-corrected chi connectivity index (χ4v) is 4.54. The van der Waals surface area contributed by atoms with Crippen LogP contribution in [0, 0.1) is 19.8 Å². The van der Waals surface area contributed by atoms with Crippen LogP contribution in [0.15, 0.2) is 17.0 Å². The van der Waals surface area contributed by atoms with Gasteiger partial charge in [0.25, 0.3) is 0 Å². The highest BCUT2D eigenvalue weighted by atomic mass is 32.2. The summed E-state index contributed by atoms with van der Waals surface area (Å²) in [4.78, 5) is 0.244. The van der Waals surface area contributed by atoms with E-state index in [4.69, 9.17) is 4.74 Å². The van der Waals surface area contributed by atoms with Crippen molar-refractivity contribution in [3.63, 3.8) is 0 Å². The first-order chi connectivity index (χ1) is 9.85. The van der Waals surface area contributed by atoms with Crippen LogP contribution in [0.5, 0.6) is 5.75 Å². The summed E-state index contributed by atoms with van der Waals surface area (Å²) in [5.74, 6) is 0.717. The van der Waals surface area contributed by atoms with Gasteiger partial charge in [-0.25, -0.2) is 13.1 Å². The maximum atomic E-state index is 12.7. The first-order valence-electron chi connectivity index (χ1n) is 7.23. The molecule has 0 aromatic heterocycles. The summed E-state index contributed by atoms with van der Waals surface area (Å²) in [6.45, 7) is 7.40. The van der Waals surface area contributed by atoms with Gasteiger partial charge in [-0.3, -0.25) is 0 Å². The van der Waals surface area contributed by atoms with Crippen molar-refractivity contribution in [3.8, 4) is 5.75 Å². The van der Waals surface area contributed by atoms with E-state index in [1.165, 1.54) is 7.11 Å². The molecule has 21 heavy (non-hydrogen) atoms. The standard InChI is InChI=1S/C15H24N2O3S/c1-10-7-12(3)15(14(8-10)20-4)21(18,19)17-13-9-16-6-5-11(13)2/h7-8,11,13,16-17H,5-6,9H2,1-4H3. The predicted molar refractivity (Wildman–Crippen MR) is 83.2 cm³/mol. The molecular weight excluding hydrogens is 288 g/mol. The van der Waals surface area contributed by atoms with Gasteiger partial charge in [-0.1, -0.05) is 13.0 Å². The minimum atomic E-state index is -3.60.